The van der Waals surface area contributed by atoms with Gasteiger partial charge in [-0.15, -0.1) is 0 Å². The maximum absolute atomic E-state index is 13.2. The average molecular weight is 421 g/mol. The number of carbonyl (C=O) groups excluding carboxylic acids is 2. The summed E-state index contributed by atoms with van der Waals surface area (Å²) in [6.45, 7) is 3.30. The lowest BCUT2D eigenvalue weighted by Gasteiger charge is -2.26. The number of rotatable bonds is 3. The van der Waals surface area contributed by atoms with E-state index in [1.165, 1.54) is 12.1 Å². The van der Waals surface area contributed by atoms with Crippen LogP contribution in [0.4, 0.5) is 4.39 Å². The monoisotopic (exact) mass is 421 g/mol. The van der Waals surface area contributed by atoms with Crippen molar-refractivity contribution in [3.05, 3.63) is 77.5 Å². The van der Waals surface area contributed by atoms with Gasteiger partial charge in [-0.25, -0.2) is 9.37 Å². The van der Waals surface area contributed by atoms with Crippen LogP contribution < -0.4 is 0 Å². The van der Waals surface area contributed by atoms with Gasteiger partial charge >= 0.3 is 0 Å². The first-order chi connectivity index (χ1) is 15.0. The molecule has 0 unspecified atom stereocenters. The van der Waals surface area contributed by atoms with Crippen LogP contribution in [0.25, 0.3) is 0 Å². The average Bonchev–Trinajstić information content (AvgIpc) is 3.46. The van der Waals surface area contributed by atoms with Gasteiger partial charge in [0.25, 0.3) is 11.8 Å². The lowest BCUT2D eigenvalue weighted by molar-refractivity contribution is 0.0724. The number of hydrogen-bond acceptors (Lipinski definition) is 6. The minimum Gasteiger partial charge on any atom is -0.339 e. The number of benzene rings is 1. The van der Waals surface area contributed by atoms with Gasteiger partial charge in [0.05, 0.1) is 11.6 Å². The third-order valence-corrected chi connectivity index (χ3v) is 6.10. The molecule has 8 nitrogen and oxygen atoms in total. The molecule has 0 bridgehead atoms. The highest BCUT2D eigenvalue weighted by Gasteiger charge is 2.58. The van der Waals surface area contributed by atoms with E-state index < -0.39 is 11.2 Å². The maximum atomic E-state index is 13.2. The van der Waals surface area contributed by atoms with E-state index >= 15 is 0 Å². The Morgan fingerprint density at radius 2 is 1.77 bits per heavy atom. The zero-order chi connectivity index (χ0) is 21.6. The van der Waals surface area contributed by atoms with Gasteiger partial charge in [-0.05, 0) is 31.2 Å². The van der Waals surface area contributed by atoms with Crippen LogP contribution in [0.5, 0.6) is 0 Å². The van der Waals surface area contributed by atoms with Crippen molar-refractivity contribution in [1.29, 1.82) is 0 Å². The van der Waals surface area contributed by atoms with Gasteiger partial charge in [0.15, 0.2) is 5.82 Å². The number of carbonyl (C=O) groups is 2. The summed E-state index contributed by atoms with van der Waals surface area (Å²) in [7, 11) is 0. The smallest absolute Gasteiger partial charge is 0.272 e. The summed E-state index contributed by atoms with van der Waals surface area (Å²) in [5.74, 6) is 0.0171. The molecule has 31 heavy (non-hydrogen) atoms. The predicted molar refractivity (Wildman–Crippen MR) is 107 cm³/mol. The molecular weight excluding hydrogens is 401 g/mol. The number of aromatic nitrogens is 3. The second-order valence-corrected chi connectivity index (χ2v) is 8.10. The summed E-state index contributed by atoms with van der Waals surface area (Å²) >= 11 is 0. The fourth-order valence-corrected chi connectivity index (χ4v) is 4.60. The Morgan fingerprint density at radius 1 is 1.06 bits per heavy atom. The minimum atomic E-state index is -0.651. The standard InChI is InChI=1S/C22H20FN5O3/c1-14-25-21(31-26-14)22-12-27(19(29)15-5-3-2-4-6-15)10-16(22)11-28(13-22)20(30)18-8-7-17(23)9-24-18/h2-9,16H,10-13H2,1H3/t16-,22-/m1/s1. The van der Waals surface area contributed by atoms with Crippen molar-refractivity contribution < 1.29 is 18.5 Å². The first-order valence-electron chi connectivity index (χ1n) is 10.0. The molecule has 2 aromatic heterocycles. The molecule has 158 valence electrons. The summed E-state index contributed by atoms with van der Waals surface area (Å²) in [6.07, 6.45) is 1.03. The topological polar surface area (TPSA) is 92.4 Å². The summed E-state index contributed by atoms with van der Waals surface area (Å²) < 4.78 is 18.7. The van der Waals surface area contributed by atoms with Crippen LogP contribution in [0.3, 0.4) is 0 Å². The Labute approximate surface area is 177 Å². The summed E-state index contributed by atoms with van der Waals surface area (Å²) in [6, 6.07) is 11.7. The number of hydrogen-bond donors (Lipinski definition) is 0. The van der Waals surface area contributed by atoms with Gasteiger partial charge in [0.1, 0.15) is 11.5 Å². The highest BCUT2D eigenvalue weighted by molar-refractivity contribution is 5.95. The van der Waals surface area contributed by atoms with Gasteiger partial charge in [0, 0.05) is 37.7 Å². The highest BCUT2D eigenvalue weighted by Crippen LogP contribution is 2.45. The number of pyridine rings is 1. The summed E-state index contributed by atoms with van der Waals surface area (Å²) in [4.78, 5) is 37.9. The largest absolute Gasteiger partial charge is 0.339 e. The molecule has 2 saturated heterocycles. The second-order valence-electron chi connectivity index (χ2n) is 8.10. The van der Waals surface area contributed by atoms with E-state index in [0.717, 1.165) is 6.20 Å². The molecule has 0 spiro atoms. The second kappa shape index (κ2) is 7.26. The molecule has 2 fully saturated rings. The number of halogens is 1. The molecule has 2 amide bonds. The number of likely N-dealkylation sites (tertiary alicyclic amines) is 2. The van der Waals surface area contributed by atoms with Crippen LogP contribution in [0.15, 0.2) is 53.2 Å². The van der Waals surface area contributed by atoms with E-state index in [2.05, 4.69) is 15.1 Å². The first kappa shape index (κ1) is 19.3. The van der Waals surface area contributed by atoms with Crippen LogP contribution in [0, 0.1) is 18.7 Å². The van der Waals surface area contributed by atoms with Crippen LogP contribution in [0.2, 0.25) is 0 Å². The third-order valence-electron chi connectivity index (χ3n) is 6.10. The Bertz CT molecular complexity index is 1130. The lowest BCUT2D eigenvalue weighted by atomic mass is 9.81. The van der Waals surface area contributed by atoms with Gasteiger partial charge in [0.2, 0.25) is 5.89 Å². The minimum absolute atomic E-state index is 0.0654. The Morgan fingerprint density at radius 3 is 2.39 bits per heavy atom. The van der Waals surface area contributed by atoms with Crippen LogP contribution in [-0.2, 0) is 5.41 Å². The van der Waals surface area contributed by atoms with Crippen molar-refractivity contribution in [1.82, 2.24) is 24.9 Å². The van der Waals surface area contributed by atoms with Crippen molar-refractivity contribution in [3.8, 4) is 0 Å². The number of amides is 2. The Balaban J connectivity index is 1.44. The molecule has 2 aliphatic rings. The van der Waals surface area contributed by atoms with E-state index in [1.54, 1.807) is 28.9 Å². The normalized spacial score (nSPS) is 22.6. The SMILES string of the molecule is Cc1noc([C@@]23CN(C(=O)c4ccccc4)C[C@@H]2CN(C(=O)c2ccc(F)cn2)C3)n1. The molecule has 5 rings (SSSR count). The highest BCUT2D eigenvalue weighted by atomic mass is 19.1. The number of nitrogens with zero attached hydrogens (tertiary/aromatic N) is 5. The predicted octanol–water partition coefficient (Wildman–Crippen LogP) is 2.08. The number of aryl methyl sites for hydroxylation is 1. The molecule has 2 atom stereocenters. The zero-order valence-corrected chi connectivity index (χ0v) is 16.9. The van der Waals surface area contributed by atoms with Gasteiger partial charge < -0.3 is 14.3 Å². The molecule has 0 saturated carbocycles. The van der Waals surface area contributed by atoms with E-state index in [4.69, 9.17) is 4.52 Å². The van der Waals surface area contributed by atoms with Gasteiger partial charge in [-0.3, -0.25) is 9.59 Å². The van der Waals surface area contributed by atoms with E-state index in [-0.39, 0.29) is 23.4 Å². The Hall–Kier alpha value is -3.62. The van der Waals surface area contributed by atoms with Gasteiger partial charge in [-0.1, -0.05) is 23.4 Å². The van der Waals surface area contributed by atoms with E-state index in [1.807, 2.05) is 18.2 Å². The fraction of sp³-hybridized carbons (Fsp3) is 0.318. The lowest BCUT2D eigenvalue weighted by Crippen LogP contribution is -2.41. The van der Waals surface area contributed by atoms with Crippen molar-refractivity contribution in [2.24, 2.45) is 5.92 Å². The van der Waals surface area contributed by atoms with Crippen LogP contribution in [0.1, 0.15) is 32.6 Å². The molecule has 2 aliphatic heterocycles. The molecule has 1 aromatic carbocycles. The summed E-state index contributed by atoms with van der Waals surface area (Å²) in [5.41, 5.74) is 0.139. The van der Waals surface area contributed by atoms with Crippen molar-refractivity contribution in [2.75, 3.05) is 26.2 Å². The van der Waals surface area contributed by atoms with Crippen LogP contribution in [-0.4, -0.2) is 62.9 Å². The Kier molecular flexibility index (Phi) is 4.53. The molecule has 0 radical (unpaired) electrons. The molecule has 0 N–H and O–H groups in total. The fourth-order valence-electron chi connectivity index (χ4n) is 4.60. The summed E-state index contributed by atoms with van der Waals surface area (Å²) in [5, 5.41) is 3.94. The van der Waals surface area contributed by atoms with Crippen molar-refractivity contribution >= 4 is 11.8 Å². The van der Waals surface area contributed by atoms with E-state index in [0.29, 0.717) is 43.5 Å². The number of fused-ring (bicyclic) bond motifs is 1. The van der Waals surface area contributed by atoms with Crippen molar-refractivity contribution in [2.45, 2.75) is 12.3 Å². The molecular formula is C22H20FN5O3. The van der Waals surface area contributed by atoms with E-state index in [9.17, 15) is 14.0 Å². The molecule has 3 aromatic rings. The molecule has 4 heterocycles. The quantitative estimate of drug-likeness (QED) is 0.643. The zero-order valence-electron chi connectivity index (χ0n) is 16.9. The van der Waals surface area contributed by atoms with Crippen molar-refractivity contribution in [3.63, 3.8) is 0 Å². The van der Waals surface area contributed by atoms with Gasteiger partial charge in [-0.2, -0.15) is 4.98 Å². The third kappa shape index (κ3) is 3.26. The molecule has 0 aliphatic carbocycles. The first-order valence-corrected chi connectivity index (χ1v) is 10.0. The van der Waals surface area contributed by atoms with Crippen LogP contribution >= 0.6 is 0 Å². The molecule has 9 heteroatoms. The maximum Gasteiger partial charge on any atom is 0.272 e.